The van der Waals surface area contributed by atoms with Crippen molar-refractivity contribution < 1.29 is 8.42 Å². The minimum absolute atomic E-state index is 0.0114. The van der Waals surface area contributed by atoms with Crippen molar-refractivity contribution in [3.63, 3.8) is 0 Å². The van der Waals surface area contributed by atoms with E-state index in [1.807, 2.05) is 25.1 Å². The van der Waals surface area contributed by atoms with Crippen LogP contribution in [0.4, 0.5) is 0 Å². The lowest BCUT2D eigenvalue weighted by Gasteiger charge is -2.29. The number of hydrogen-bond acceptors (Lipinski definition) is 3. The molecule has 5 heteroatoms. The zero-order chi connectivity index (χ0) is 11.8. The molecule has 2 unspecified atom stereocenters. The molecule has 1 aromatic rings. The van der Waals surface area contributed by atoms with E-state index in [1.54, 1.807) is 6.07 Å². The molecule has 2 atom stereocenters. The van der Waals surface area contributed by atoms with Crippen molar-refractivity contribution in [3.05, 3.63) is 34.9 Å². The first-order valence-corrected chi connectivity index (χ1v) is 7.38. The third-order valence-corrected chi connectivity index (χ3v) is 4.75. The molecule has 16 heavy (non-hydrogen) atoms. The van der Waals surface area contributed by atoms with Crippen LogP contribution in [0.3, 0.4) is 0 Å². The summed E-state index contributed by atoms with van der Waals surface area (Å²) in [6.07, 6.45) is 0. The molecule has 1 saturated heterocycles. The molecule has 0 spiro atoms. The predicted molar refractivity (Wildman–Crippen MR) is 65.4 cm³/mol. The molecule has 1 fully saturated rings. The van der Waals surface area contributed by atoms with Gasteiger partial charge in [0.2, 0.25) is 0 Å². The van der Waals surface area contributed by atoms with Gasteiger partial charge in [-0.05, 0) is 24.6 Å². The van der Waals surface area contributed by atoms with Gasteiger partial charge in [-0.2, -0.15) is 0 Å². The highest BCUT2D eigenvalue weighted by Gasteiger charge is 2.29. The Morgan fingerprint density at radius 2 is 2.12 bits per heavy atom. The van der Waals surface area contributed by atoms with E-state index >= 15 is 0 Å². The molecule has 1 aromatic carbocycles. The van der Waals surface area contributed by atoms with Crippen LogP contribution in [-0.2, 0) is 9.84 Å². The predicted octanol–water partition coefficient (Wildman–Crippen LogP) is 1.79. The van der Waals surface area contributed by atoms with Crippen molar-refractivity contribution in [3.8, 4) is 0 Å². The Balaban J connectivity index is 2.28. The second-order valence-electron chi connectivity index (χ2n) is 4.25. The summed E-state index contributed by atoms with van der Waals surface area (Å²) in [5.74, 6) is 0.363. The second-order valence-corrected chi connectivity index (χ2v) is 6.84. The van der Waals surface area contributed by atoms with Crippen molar-refractivity contribution in [2.24, 2.45) is 0 Å². The molecular formula is C11H14ClNO2S. The Kier molecular flexibility index (Phi) is 3.24. The third kappa shape index (κ3) is 2.75. The minimum Gasteiger partial charge on any atom is -0.306 e. The highest BCUT2D eigenvalue weighted by atomic mass is 35.5. The average Bonchev–Trinajstić information content (AvgIpc) is 2.14. The highest BCUT2D eigenvalue weighted by molar-refractivity contribution is 7.91. The molecule has 3 nitrogen and oxygen atoms in total. The molecule has 1 N–H and O–H groups in total. The number of nitrogens with one attached hydrogen (secondary N) is 1. The quantitative estimate of drug-likeness (QED) is 0.836. The third-order valence-electron chi connectivity index (χ3n) is 2.66. The maximum absolute atomic E-state index is 11.7. The highest BCUT2D eigenvalue weighted by Crippen LogP contribution is 2.23. The van der Waals surface area contributed by atoms with E-state index in [2.05, 4.69) is 5.32 Å². The first-order valence-electron chi connectivity index (χ1n) is 5.18. The zero-order valence-corrected chi connectivity index (χ0v) is 10.6. The average molecular weight is 260 g/mol. The van der Waals surface area contributed by atoms with Gasteiger partial charge in [-0.3, -0.25) is 0 Å². The van der Waals surface area contributed by atoms with E-state index in [4.69, 9.17) is 11.6 Å². The Labute approximate surface area is 101 Å². The SMILES string of the molecule is CC1CS(=O)(=O)CC(c2cccc(Cl)c2)N1. The molecule has 0 bridgehead atoms. The Hall–Kier alpha value is -0.580. The molecule has 0 saturated carbocycles. The molecule has 0 amide bonds. The monoisotopic (exact) mass is 259 g/mol. The number of halogens is 1. The molecule has 88 valence electrons. The summed E-state index contributed by atoms with van der Waals surface area (Å²) in [5.41, 5.74) is 0.933. The summed E-state index contributed by atoms with van der Waals surface area (Å²) < 4.78 is 23.3. The van der Waals surface area contributed by atoms with Crippen LogP contribution >= 0.6 is 11.6 Å². The fraction of sp³-hybridized carbons (Fsp3) is 0.455. The van der Waals surface area contributed by atoms with E-state index in [0.29, 0.717) is 5.02 Å². The maximum Gasteiger partial charge on any atom is 0.153 e. The molecule has 1 aliphatic rings. The van der Waals surface area contributed by atoms with Crippen molar-refractivity contribution in [2.45, 2.75) is 19.0 Å². The van der Waals surface area contributed by atoms with E-state index < -0.39 is 9.84 Å². The Morgan fingerprint density at radius 1 is 1.38 bits per heavy atom. The van der Waals surface area contributed by atoms with E-state index in [9.17, 15) is 8.42 Å². The fourth-order valence-corrected chi connectivity index (χ4v) is 4.05. The van der Waals surface area contributed by atoms with Crippen molar-refractivity contribution in [1.82, 2.24) is 5.32 Å². The summed E-state index contributed by atoms with van der Waals surface area (Å²) in [6, 6.07) is 7.18. The van der Waals surface area contributed by atoms with Crippen LogP contribution in [0.25, 0.3) is 0 Å². The molecule has 0 aromatic heterocycles. The van der Waals surface area contributed by atoms with Crippen LogP contribution in [0.15, 0.2) is 24.3 Å². The van der Waals surface area contributed by atoms with Gasteiger partial charge in [-0.1, -0.05) is 23.7 Å². The van der Waals surface area contributed by atoms with Crippen LogP contribution in [0.1, 0.15) is 18.5 Å². The van der Waals surface area contributed by atoms with Crippen LogP contribution in [0.5, 0.6) is 0 Å². The Bertz CT molecular complexity index is 487. The number of sulfone groups is 1. The smallest absolute Gasteiger partial charge is 0.153 e. The number of rotatable bonds is 1. The summed E-state index contributed by atoms with van der Waals surface area (Å²) >= 11 is 5.89. The van der Waals surface area contributed by atoms with Gasteiger partial charge in [-0.15, -0.1) is 0 Å². The topological polar surface area (TPSA) is 46.2 Å². The molecule has 1 heterocycles. The lowest BCUT2D eigenvalue weighted by molar-refractivity contribution is 0.468. The standard InChI is InChI=1S/C11H14ClNO2S/c1-8-6-16(14,15)7-11(13-8)9-3-2-4-10(12)5-9/h2-5,8,11,13H,6-7H2,1H3. The second kappa shape index (κ2) is 4.35. The normalized spacial score (nSPS) is 28.9. The van der Waals surface area contributed by atoms with Crippen LogP contribution < -0.4 is 5.32 Å². The summed E-state index contributed by atoms with van der Waals surface area (Å²) in [7, 11) is -2.95. The minimum atomic E-state index is -2.95. The summed E-state index contributed by atoms with van der Waals surface area (Å²) in [4.78, 5) is 0. The van der Waals surface area contributed by atoms with Gasteiger partial charge in [0.25, 0.3) is 0 Å². The molecule has 0 aliphatic carbocycles. The van der Waals surface area contributed by atoms with Crippen molar-refractivity contribution in [1.29, 1.82) is 0 Å². The number of hydrogen-bond donors (Lipinski definition) is 1. The van der Waals surface area contributed by atoms with Crippen molar-refractivity contribution >= 4 is 21.4 Å². The first kappa shape index (κ1) is 11.9. The first-order chi connectivity index (χ1) is 7.46. The van der Waals surface area contributed by atoms with Gasteiger partial charge < -0.3 is 5.32 Å². The zero-order valence-electron chi connectivity index (χ0n) is 8.98. The van der Waals surface area contributed by atoms with Gasteiger partial charge in [0, 0.05) is 17.1 Å². The van der Waals surface area contributed by atoms with E-state index in [-0.39, 0.29) is 23.6 Å². The molecule has 0 radical (unpaired) electrons. The van der Waals surface area contributed by atoms with E-state index in [0.717, 1.165) is 5.56 Å². The van der Waals surface area contributed by atoms with Crippen LogP contribution in [0, 0.1) is 0 Å². The Morgan fingerprint density at radius 3 is 2.75 bits per heavy atom. The van der Waals surface area contributed by atoms with Gasteiger partial charge in [0.05, 0.1) is 11.5 Å². The van der Waals surface area contributed by atoms with Crippen molar-refractivity contribution in [2.75, 3.05) is 11.5 Å². The lowest BCUT2D eigenvalue weighted by Crippen LogP contribution is -2.45. The summed E-state index contributed by atoms with van der Waals surface area (Å²) in [6.45, 7) is 1.88. The molecule has 1 aliphatic heterocycles. The van der Waals surface area contributed by atoms with Gasteiger partial charge >= 0.3 is 0 Å². The molecule has 2 rings (SSSR count). The van der Waals surface area contributed by atoms with Crippen LogP contribution in [0.2, 0.25) is 5.02 Å². The van der Waals surface area contributed by atoms with Gasteiger partial charge in [0.1, 0.15) is 0 Å². The lowest BCUT2D eigenvalue weighted by atomic mass is 10.1. The largest absolute Gasteiger partial charge is 0.306 e. The fourth-order valence-electron chi connectivity index (χ4n) is 2.06. The number of benzene rings is 1. The van der Waals surface area contributed by atoms with E-state index in [1.165, 1.54) is 0 Å². The summed E-state index contributed by atoms with van der Waals surface area (Å²) in [5, 5.41) is 3.91. The molecular weight excluding hydrogens is 246 g/mol. The maximum atomic E-state index is 11.7. The van der Waals surface area contributed by atoms with Gasteiger partial charge in [0.15, 0.2) is 9.84 Å². The van der Waals surface area contributed by atoms with Gasteiger partial charge in [-0.25, -0.2) is 8.42 Å². The van der Waals surface area contributed by atoms with Crippen LogP contribution in [-0.4, -0.2) is 26.0 Å².